The van der Waals surface area contributed by atoms with Crippen molar-refractivity contribution >= 4 is 12.0 Å². The summed E-state index contributed by atoms with van der Waals surface area (Å²) in [6.45, 7) is 0.738. The molecule has 18 heavy (non-hydrogen) atoms. The fourth-order valence-electron chi connectivity index (χ4n) is 1.35. The van der Waals surface area contributed by atoms with Crippen LogP contribution >= 0.6 is 0 Å². The molecule has 1 rings (SSSR count). The molecule has 1 N–H and O–H groups in total. The van der Waals surface area contributed by atoms with E-state index < -0.39 is 0 Å². The minimum absolute atomic E-state index is 0.0316. The number of rotatable bonds is 7. The Morgan fingerprint density at radius 3 is 2.78 bits per heavy atom. The van der Waals surface area contributed by atoms with Gasteiger partial charge in [-0.25, -0.2) is 0 Å². The van der Waals surface area contributed by atoms with Gasteiger partial charge in [-0.05, 0) is 5.56 Å². The second-order valence-corrected chi connectivity index (χ2v) is 3.87. The summed E-state index contributed by atoms with van der Waals surface area (Å²) in [5.74, 6) is -0.128. The first-order valence-corrected chi connectivity index (χ1v) is 5.88. The molecule has 0 aliphatic carbocycles. The molecular weight excluding hydrogens is 230 g/mol. The third kappa shape index (κ3) is 5.61. The maximum absolute atomic E-state index is 11.4. The monoisotopic (exact) mass is 249 g/mol. The van der Waals surface area contributed by atoms with E-state index in [0.717, 1.165) is 5.56 Å². The Bertz CT molecular complexity index is 376. The van der Waals surface area contributed by atoms with Crippen LogP contribution in [-0.4, -0.2) is 49.3 Å². The topological polar surface area (TPSA) is 49.8 Å². The van der Waals surface area contributed by atoms with Crippen molar-refractivity contribution in [2.75, 3.05) is 33.4 Å². The Hall–Kier alpha value is -1.65. The summed E-state index contributed by atoms with van der Waals surface area (Å²) < 4.78 is 5.22. The molecule has 4 nitrogen and oxygen atoms in total. The minimum Gasteiger partial charge on any atom is -0.395 e. The Morgan fingerprint density at radius 2 is 2.11 bits per heavy atom. The number of aliphatic hydroxyl groups is 1. The maximum Gasteiger partial charge on any atom is 0.248 e. The lowest BCUT2D eigenvalue weighted by Crippen LogP contribution is -2.32. The van der Waals surface area contributed by atoms with Gasteiger partial charge < -0.3 is 14.7 Å². The SMILES string of the molecule is CN(CCO)C(=O)COC/C=C/c1ccccc1. The molecule has 1 amide bonds. The summed E-state index contributed by atoms with van der Waals surface area (Å²) in [6, 6.07) is 9.89. The zero-order valence-corrected chi connectivity index (χ0v) is 10.6. The summed E-state index contributed by atoms with van der Waals surface area (Å²) >= 11 is 0. The molecule has 0 saturated heterocycles. The van der Waals surface area contributed by atoms with E-state index in [4.69, 9.17) is 9.84 Å². The molecule has 0 aliphatic heterocycles. The van der Waals surface area contributed by atoms with Crippen LogP contribution in [0.5, 0.6) is 0 Å². The number of benzene rings is 1. The van der Waals surface area contributed by atoms with Crippen molar-refractivity contribution in [2.45, 2.75) is 0 Å². The highest BCUT2D eigenvalue weighted by molar-refractivity contribution is 5.77. The predicted octanol–water partition coefficient (Wildman–Crippen LogP) is 1.17. The molecule has 0 bridgehead atoms. The highest BCUT2D eigenvalue weighted by Crippen LogP contribution is 2.00. The number of likely N-dealkylation sites (N-methyl/N-ethyl adjacent to an activating group) is 1. The van der Waals surface area contributed by atoms with E-state index >= 15 is 0 Å². The van der Waals surface area contributed by atoms with Gasteiger partial charge in [-0.15, -0.1) is 0 Å². The fourth-order valence-corrected chi connectivity index (χ4v) is 1.35. The van der Waals surface area contributed by atoms with E-state index in [1.807, 2.05) is 42.5 Å². The standard InChI is InChI=1S/C14H19NO3/c1-15(9-10-16)14(17)12-18-11-5-8-13-6-3-2-4-7-13/h2-8,16H,9-12H2,1H3/b8-5+. The van der Waals surface area contributed by atoms with Crippen molar-refractivity contribution < 1.29 is 14.6 Å². The molecule has 98 valence electrons. The number of hydrogen-bond acceptors (Lipinski definition) is 3. The number of ether oxygens (including phenoxy) is 1. The molecule has 0 spiro atoms. The predicted molar refractivity (Wildman–Crippen MR) is 71.0 cm³/mol. The highest BCUT2D eigenvalue weighted by Gasteiger charge is 2.06. The number of carbonyl (C=O) groups excluding carboxylic acids is 1. The van der Waals surface area contributed by atoms with Crippen LogP contribution in [0, 0.1) is 0 Å². The van der Waals surface area contributed by atoms with Gasteiger partial charge in [0.25, 0.3) is 0 Å². The smallest absolute Gasteiger partial charge is 0.248 e. The van der Waals surface area contributed by atoms with E-state index in [9.17, 15) is 4.79 Å². The van der Waals surface area contributed by atoms with Gasteiger partial charge in [-0.1, -0.05) is 42.5 Å². The average Bonchev–Trinajstić information content (AvgIpc) is 2.39. The molecule has 0 unspecified atom stereocenters. The number of aliphatic hydroxyl groups excluding tert-OH is 1. The molecule has 4 heteroatoms. The molecular formula is C14H19NO3. The number of hydrogen-bond donors (Lipinski definition) is 1. The van der Waals surface area contributed by atoms with E-state index in [2.05, 4.69) is 0 Å². The number of carbonyl (C=O) groups is 1. The molecule has 1 aromatic carbocycles. The zero-order valence-electron chi connectivity index (χ0n) is 10.6. The van der Waals surface area contributed by atoms with Crippen molar-refractivity contribution in [3.63, 3.8) is 0 Å². The lowest BCUT2D eigenvalue weighted by molar-refractivity contribution is -0.134. The van der Waals surface area contributed by atoms with Crippen molar-refractivity contribution in [3.8, 4) is 0 Å². The molecule has 0 fully saturated rings. The van der Waals surface area contributed by atoms with Gasteiger partial charge in [0.15, 0.2) is 0 Å². The fraction of sp³-hybridized carbons (Fsp3) is 0.357. The van der Waals surface area contributed by atoms with E-state index in [1.165, 1.54) is 4.90 Å². The number of nitrogens with zero attached hydrogens (tertiary/aromatic N) is 1. The third-order valence-corrected chi connectivity index (χ3v) is 2.41. The summed E-state index contributed by atoms with van der Waals surface area (Å²) in [7, 11) is 1.64. The Labute approximate surface area is 107 Å². The average molecular weight is 249 g/mol. The first-order chi connectivity index (χ1) is 8.74. The lowest BCUT2D eigenvalue weighted by atomic mass is 10.2. The maximum atomic E-state index is 11.4. The largest absolute Gasteiger partial charge is 0.395 e. The summed E-state index contributed by atoms with van der Waals surface area (Å²) in [6.07, 6.45) is 3.82. The lowest BCUT2D eigenvalue weighted by Gasteiger charge is -2.14. The van der Waals surface area contributed by atoms with Gasteiger partial charge >= 0.3 is 0 Å². The summed E-state index contributed by atoms with van der Waals surface area (Å²) in [5, 5.41) is 8.68. The Balaban J connectivity index is 2.19. The van der Waals surface area contributed by atoms with Crippen LogP contribution in [-0.2, 0) is 9.53 Å². The van der Waals surface area contributed by atoms with Crippen molar-refractivity contribution in [1.29, 1.82) is 0 Å². The molecule has 0 heterocycles. The molecule has 1 aromatic rings. The summed E-state index contributed by atoms with van der Waals surface area (Å²) in [5.41, 5.74) is 1.10. The Morgan fingerprint density at radius 1 is 1.39 bits per heavy atom. The zero-order chi connectivity index (χ0) is 13.2. The van der Waals surface area contributed by atoms with Crippen LogP contribution in [0.4, 0.5) is 0 Å². The van der Waals surface area contributed by atoms with Gasteiger partial charge in [0.05, 0.1) is 13.2 Å². The van der Waals surface area contributed by atoms with Gasteiger partial charge in [0.1, 0.15) is 6.61 Å². The van der Waals surface area contributed by atoms with Gasteiger partial charge in [0.2, 0.25) is 5.91 Å². The van der Waals surface area contributed by atoms with E-state index in [-0.39, 0.29) is 19.1 Å². The van der Waals surface area contributed by atoms with E-state index in [1.54, 1.807) is 7.05 Å². The first kappa shape index (κ1) is 14.4. The van der Waals surface area contributed by atoms with Crippen LogP contribution in [0.15, 0.2) is 36.4 Å². The first-order valence-electron chi connectivity index (χ1n) is 5.88. The molecule has 0 radical (unpaired) electrons. The second-order valence-electron chi connectivity index (χ2n) is 3.87. The highest BCUT2D eigenvalue weighted by atomic mass is 16.5. The van der Waals surface area contributed by atoms with Gasteiger partial charge in [-0.3, -0.25) is 4.79 Å². The van der Waals surface area contributed by atoms with Gasteiger partial charge in [0, 0.05) is 13.6 Å². The molecule has 0 atom stereocenters. The van der Waals surface area contributed by atoms with Crippen LogP contribution in [0.3, 0.4) is 0 Å². The van der Waals surface area contributed by atoms with E-state index in [0.29, 0.717) is 13.2 Å². The molecule has 0 aromatic heterocycles. The quantitative estimate of drug-likeness (QED) is 0.738. The van der Waals surface area contributed by atoms with Crippen molar-refractivity contribution in [3.05, 3.63) is 42.0 Å². The van der Waals surface area contributed by atoms with Gasteiger partial charge in [-0.2, -0.15) is 0 Å². The van der Waals surface area contributed by atoms with Crippen molar-refractivity contribution in [1.82, 2.24) is 4.90 Å². The van der Waals surface area contributed by atoms with Crippen LogP contribution in [0.2, 0.25) is 0 Å². The second kappa shape index (κ2) is 8.44. The third-order valence-electron chi connectivity index (χ3n) is 2.41. The number of amides is 1. The molecule has 0 aliphatic rings. The normalized spacial score (nSPS) is 10.8. The van der Waals surface area contributed by atoms with Crippen LogP contribution in [0.25, 0.3) is 6.08 Å². The van der Waals surface area contributed by atoms with Crippen LogP contribution < -0.4 is 0 Å². The Kier molecular flexibility index (Phi) is 6.76. The molecule has 0 saturated carbocycles. The van der Waals surface area contributed by atoms with Crippen LogP contribution in [0.1, 0.15) is 5.56 Å². The minimum atomic E-state index is -0.128. The summed E-state index contributed by atoms with van der Waals surface area (Å²) in [4.78, 5) is 12.9. The van der Waals surface area contributed by atoms with Crippen molar-refractivity contribution in [2.24, 2.45) is 0 Å².